The van der Waals surface area contributed by atoms with E-state index in [4.69, 9.17) is 9.84 Å². The van der Waals surface area contributed by atoms with Crippen molar-refractivity contribution in [1.29, 1.82) is 0 Å². The van der Waals surface area contributed by atoms with Gasteiger partial charge in [-0.3, -0.25) is 4.79 Å². The molecule has 1 heterocycles. The lowest BCUT2D eigenvalue weighted by Gasteiger charge is -2.16. The molecule has 4 aromatic carbocycles. The summed E-state index contributed by atoms with van der Waals surface area (Å²) in [6.45, 7) is 0.0208. The minimum Gasteiger partial charge on any atom is -0.486 e. The van der Waals surface area contributed by atoms with Crippen LogP contribution in [-0.4, -0.2) is 23.5 Å². The quantitative estimate of drug-likeness (QED) is 0.230. The van der Waals surface area contributed by atoms with Gasteiger partial charge in [-0.2, -0.15) is 0 Å². The molecular formula is C30H23F2NO5S. The van der Waals surface area contributed by atoms with Crippen LogP contribution < -0.4 is 4.74 Å². The first-order valence-corrected chi connectivity index (χ1v) is 13.5. The van der Waals surface area contributed by atoms with Gasteiger partial charge in [0.25, 0.3) is 10.0 Å². The fourth-order valence-corrected chi connectivity index (χ4v) is 6.13. The number of aromatic nitrogens is 1. The molecule has 0 aliphatic rings. The molecule has 0 radical (unpaired) electrons. The third-order valence-electron chi connectivity index (χ3n) is 6.32. The summed E-state index contributed by atoms with van der Waals surface area (Å²) in [4.78, 5) is 10.6. The number of halogens is 2. The Kier molecular flexibility index (Phi) is 7.17. The fraction of sp³-hybridized carbons (Fsp3) is 0.100. The molecule has 1 N–H and O–H groups in total. The molecule has 9 heteroatoms. The third kappa shape index (κ3) is 5.26. The lowest BCUT2D eigenvalue weighted by Crippen LogP contribution is -2.16. The lowest BCUT2D eigenvalue weighted by molar-refractivity contribution is -0.136. The largest absolute Gasteiger partial charge is 0.486 e. The monoisotopic (exact) mass is 547 g/mol. The predicted molar refractivity (Wildman–Crippen MR) is 143 cm³/mol. The number of fused-ring (bicyclic) bond motifs is 1. The van der Waals surface area contributed by atoms with Crippen molar-refractivity contribution in [3.63, 3.8) is 0 Å². The van der Waals surface area contributed by atoms with Crippen molar-refractivity contribution in [3.05, 3.63) is 120 Å². The third-order valence-corrected chi connectivity index (χ3v) is 8.06. The zero-order valence-electron chi connectivity index (χ0n) is 20.6. The summed E-state index contributed by atoms with van der Waals surface area (Å²) in [7, 11) is -4.62. The van der Waals surface area contributed by atoms with Crippen LogP contribution in [0.25, 0.3) is 22.0 Å². The first-order valence-electron chi connectivity index (χ1n) is 12.1. The van der Waals surface area contributed by atoms with Gasteiger partial charge in [0.05, 0.1) is 5.52 Å². The maximum atomic E-state index is 16.2. The van der Waals surface area contributed by atoms with E-state index >= 15 is 4.39 Å². The Morgan fingerprint density at radius 1 is 0.897 bits per heavy atom. The van der Waals surface area contributed by atoms with Crippen LogP contribution in [0.3, 0.4) is 0 Å². The normalized spacial score (nSPS) is 11.5. The number of nitrogens with zero attached hydrogens (tertiary/aromatic N) is 1. The summed E-state index contributed by atoms with van der Waals surface area (Å²) in [5.74, 6) is -3.01. The van der Waals surface area contributed by atoms with Gasteiger partial charge >= 0.3 is 5.97 Å². The summed E-state index contributed by atoms with van der Waals surface area (Å²) in [5, 5.41) is 9.38. The fourth-order valence-electron chi connectivity index (χ4n) is 4.46. The van der Waals surface area contributed by atoms with E-state index in [1.54, 1.807) is 42.5 Å². The molecule has 39 heavy (non-hydrogen) atoms. The molecule has 0 atom stereocenters. The van der Waals surface area contributed by atoms with Crippen LogP contribution in [0.2, 0.25) is 0 Å². The molecule has 5 rings (SSSR count). The van der Waals surface area contributed by atoms with Crippen molar-refractivity contribution in [2.24, 2.45) is 0 Å². The van der Waals surface area contributed by atoms with Crippen molar-refractivity contribution >= 4 is 26.9 Å². The Morgan fingerprint density at radius 3 is 2.28 bits per heavy atom. The number of carbonyl (C=O) groups is 1. The van der Waals surface area contributed by atoms with Crippen LogP contribution in [-0.2, 0) is 27.8 Å². The van der Waals surface area contributed by atoms with Crippen molar-refractivity contribution in [2.75, 3.05) is 0 Å². The number of hydrogen-bond donors (Lipinski definition) is 1. The van der Waals surface area contributed by atoms with Crippen LogP contribution >= 0.6 is 0 Å². The van der Waals surface area contributed by atoms with Gasteiger partial charge in [-0.15, -0.1) is 0 Å². The van der Waals surface area contributed by atoms with Gasteiger partial charge in [-0.1, -0.05) is 60.7 Å². The zero-order valence-corrected chi connectivity index (χ0v) is 21.4. The Hall–Kier alpha value is -4.50. The van der Waals surface area contributed by atoms with Crippen molar-refractivity contribution < 1.29 is 31.8 Å². The van der Waals surface area contributed by atoms with E-state index in [0.717, 1.165) is 21.7 Å². The molecular weight excluding hydrogens is 524 g/mol. The number of rotatable bonds is 9. The standard InChI is InChI=1S/C30H23F2NO5S/c31-23-12-14-26-25(17-23)22(11-16-28(34)35)18-33(26)39(36,37)30-24(21-9-5-2-6-10-21)13-15-27(29(30)32)38-19-20-7-3-1-4-8-20/h1-10,12-15,17-18H,11,16,19H2,(H,34,35). The Morgan fingerprint density at radius 2 is 1.59 bits per heavy atom. The second-order valence-electron chi connectivity index (χ2n) is 8.91. The second kappa shape index (κ2) is 10.7. The van der Waals surface area contributed by atoms with Crippen LogP contribution in [0.1, 0.15) is 17.5 Å². The number of aryl methyl sites for hydroxylation is 1. The van der Waals surface area contributed by atoms with E-state index in [9.17, 15) is 17.6 Å². The maximum absolute atomic E-state index is 16.2. The molecule has 0 fully saturated rings. The van der Waals surface area contributed by atoms with E-state index in [1.807, 2.05) is 18.2 Å². The van der Waals surface area contributed by atoms with Crippen LogP contribution in [0.4, 0.5) is 8.78 Å². The summed E-state index contributed by atoms with van der Waals surface area (Å²) < 4.78 is 65.2. The average Bonchev–Trinajstić information content (AvgIpc) is 3.30. The summed E-state index contributed by atoms with van der Waals surface area (Å²) in [6.07, 6.45) is 0.905. The van der Waals surface area contributed by atoms with Gasteiger partial charge in [-0.25, -0.2) is 21.2 Å². The summed E-state index contributed by atoms with van der Waals surface area (Å²) in [6, 6.07) is 24.0. The molecule has 0 unspecified atom stereocenters. The molecule has 0 saturated heterocycles. The second-order valence-corrected chi connectivity index (χ2v) is 10.7. The molecule has 6 nitrogen and oxygen atoms in total. The summed E-state index contributed by atoms with van der Waals surface area (Å²) in [5.41, 5.74) is 1.78. The molecule has 0 saturated carbocycles. The Labute approximate surface area is 223 Å². The molecule has 5 aromatic rings. The average molecular weight is 548 g/mol. The van der Waals surface area contributed by atoms with Gasteiger partial charge < -0.3 is 9.84 Å². The molecule has 0 bridgehead atoms. The number of carboxylic acid groups (broad SMARTS) is 1. The highest BCUT2D eigenvalue weighted by molar-refractivity contribution is 7.90. The lowest BCUT2D eigenvalue weighted by atomic mass is 10.1. The minimum absolute atomic E-state index is 0.0208. The first kappa shape index (κ1) is 26.1. The molecule has 0 amide bonds. The van der Waals surface area contributed by atoms with Gasteiger partial charge in [-0.05, 0) is 53.4 Å². The number of carboxylic acids is 1. The molecule has 0 spiro atoms. The highest BCUT2D eigenvalue weighted by Crippen LogP contribution is 2.38. The smallest absolute Gasteiger partial charge is 0.303 e. The molecule has 0 aliphatic carbocycles. The predicted octanol–water partition coefficient (Wildman–Crippen LogP) is 6.42. The van der Waals surface area contributed by atoms with Crippen LogP contribution in [0.15, 0.2) is 102 Å². The molecule has 0 aliphatic heterocycles. The van der Waals surface area contributed by atoms with E-state index in [0.29, 0.717) is 11.1 Å². The van der Waals surface area contributed by atoms with Gasteiger partial charge in [0, 0.05) is 23.6 Å². The molecule has 1 aromatic heterocycles. The Balaban J connectivity index is 1.69. The van der Waals surface area contributed by atoms with E-state index in [-0.39, 0.29) is 41.7 Å². The van der Waals surface area contributed by atoms with Crippen LogP contribution in [0, 0.1) is 11.6 Å². The number of aliphatic carboxylic acids is 1. The van der Waals surface area contributed by atoms with Crippen molar-refractivity contribution in [2.45, 2.75) is 24.3 Å². The van der Waals surface area contributed by atoms with Gasteiger partial charge in [0.2, 0.25) is 0 Å². The maximum Gasteiger partial charge on any atom is 0.303 e. The SMILES string of the molecule is O=C(O)CCc1cn(S(=O)(=O)c2c(-c3ccccc3)ccc(OCc3ccccc3)c2F)c2ccc(F)cc12. The minimum atomic E-state index is -4.62. The number of hydrogen-bond acceptors (Lipinski definition) is 4. The van der Waals surface area contributed by atoms with Gasteiger partial charge in [0.15, 0.2) is 11.6 Å². The summed E-state index contributed by atoms with van der Waals surface area (Å²) >= 11 is 0. The van der Waals surface area contributed by atoms with E-state index in [1.165, 1.54) is 24.4 Å². The van der Waals surface area contributed by atoms with Crippen molar-refractivity contribution in [3.8, 4) is 16.9 Å². The highest BCUT2D eigenvalue weighted by Gasteiger charge is 2.30. The van der Waals surface area contributed by atoms with Crippen molar-refractivity contribution in [1.82, 2.24) is 3.97 Å². The van der Waals surface area contributed by atoms with E-state index in [2.05, 4.69) is 0 Å². The van der Waals surface area contributed by atoms with Crippen LogP contribution in [0.5, 0.6) is 5.75 Å². The number of benzene rings is 4. The topological polar surface area (TPSA) is 85.6 Å². The van der Waals surface area contributed by atoms with E-state index < -0.39 is 32.5 Å². The molecule has 198 valence electrons. The zero-order chi connectivity index (χ0) is 27.6. The first-order chi connectivity index (χ1) is 18.8. The number of ether oxygens (including phenoxy) is 1. The highest BCUT2D eigenvalue weighted by atomic mass is 32.2. The Bertz CT molecular complexity index is 1770. The van der Waals surface area contributed by atoms with Gasteiger partial charge in [0.1, 0.15) is 17.3 Å².